The lowest BCUT2D eigenvalue weighted by Gasteiger charge is -2.41. The van der Waals surface area contributed by atoms with Crippen LogP contribution in [-0.2, 0) is 9.63 Å². The minimum atomic E-state index is -0.0289. The number of fused-ring (bicyclic) bond motifs is 2. The first-order chi connectivity index (χ1) is 6.68. The predicted molar refractivity (Wildman–Crippen MR) is 52.6 cm³/mol. The maximum Gasteiger partial charge on any atom is 0.243 e. The third kappa shape index (κ3) is 1.42. The van der Waals surface area contributed by atoms with Gasteiger partial charge in [0.2, 0.25) is 5.91 Å². The van der Waals surface area contributed by atoms with E-state index in [0.29, 0.717) is 0 Å². The van der Waals surface area contributed by atoms with Crippen LogP contribution in [-0.4, -0.2) is 48.2 Å². The van der Waals surface area contributed by atoms with Crippen molar-refractivity contribution in [3.63, 3.8) is 0 Å². The maximum absolute atomic E-state index is 11.4. The molecule has 4 nitrogen and oxygen atoms in total. The first-order valence-corrected chi connectivity index (χ1v) is 5.25. The second kappa shape index (κ2) is 3.51. The van der Waals surface area contributed by atoms with Crippen LogP contribution in [0.4, 0.5) is 0 Å². The highest BCUT2D eigenvalue weighted by molar-refractivity contribution is 5.73. The summed E-state index contributed by atoms with van der Waals surface area (Å²) in [7, 11) is 1.59. The summed E-state index contributed by atoms with van der Waals surface area (Å²) in [4.78, 5) is 19.1. The minimum absolute atomic E-state index is 0.0243. The second-order valence-corrected chi connectivity index (χ2v) is 4.35. The molecule has 0 saturated carbocycles. The van der Waals surface area contributed by atoms with Gasteiger partial charge in [0, 0.05) is 20.0 Å². The van der Waals surface area contributed by atoms with E-state index in [2.05, 4.69) is 4.90 Å². The number of hydrogen-bond donors (Lipinski definition) is 0. The summed E-state index contributed by atoms with van der Waals surface area (Å²) in [5.41, 5.74) is -0.0289. The zero-order valence-corrected chi connectivity index (χ0v) is 8.95. The van der Waals surface area contributed by atoms with E-state index in [4.69, 9.17) is 4.84 Å². The number of piperidine rings is 1. The summed E-state index contributed by atoms with van der Waals surface area (Å²) in [5, 5.41) is 1.59. The van der Waals surface area contributed by atoms with E-state index in [-0.39, 0.29) is 11.4 Å². The van der Waals surface area contributed by atoms with Crippen molar-refractivity contribution >= 4 is 5.91 Å². The molecule has 2 fully saturated rings. The molecule has 0 radical (unpaired) electrons. The zero-order valence-electron chi connectivity index (χ0n) is 8.95. The summed E-state index contributed by atoms with van der Waals surface area (Å²) in [6.45, 7) is 4.85. The molecular weight excluding hydrogens is 180 g/mol. The molecule has 2 heterocycles. The fourth-order valence-electron chi connectivity index (χ4n) is 2.89. The number of nitrogens with zero attached hydrogens (tertiary/aromatic N) is 2. The van der Waals surface area contributed by atoms with Gasteiger partial charge in [-0.05, 0) is 25.8 Å². The van der Waals surface area contributed by atoms with Crippen LogP contribution in [0.15, 0.2) is 0 Å². The van der Waals surface area contributed by atoms with Gasteiger partial charge in [-0.1, -0.05) is 0 Å². The predicted octanol–water partition coefficient (Wildman–Crippen LogP) is 0.635. The highest BCUT2D eigenvalue weighted by atomic mass is 16.7. The van der Waals surface area contributed by atoms with Gasteiger partial charge in [0.25, 0.3) is 0 Å². The Labute approximate surface area is 84.8 Å². The molecule has 1 amide bonds. The number of amides is 1. The van der Waals surface area contributed by atoms with E-state index in [1.165, 1.54) is 13.0 Å². The lowest BCUT2D eigenvalue weighted by Crippen LogP contribution is -2.54. The van der Waals surface area contributed by atoms with E-state index < -0.39 is 0 Å². The van der Waals surface area contributed by atoms with Crippen LogP contribution < -0.4 is 0 Å². The first-order valence-electron chi connectivity index (χ1n) is 5.25. The number of carbonyl (C=O) groups excluding carboxylic acids is 1. The molecule has 2 rings (SSSR count). The molecule has 2 bridgehead atoms. The monoisotopic (exact) mass is 198 g/mol. The lowest BCUT2D eigenvalue weighted by molar-refractivity contribution is -0.209. The topological polar surface area (TPSA) is 32.8 Å². The highest BCUT2D eigenvalue weighted by Crippen LogP contribution is 2.36. The summed E-state index contributed by atoms with van der Waals surface area (Å²) in [5.74, 6) is 0.0243. The molecule has 4 heteroatoms. The summed E-state index contributed by atoms with van der Waals surface area (Å²) in [6.07, 6.45) is 3.31. The van der Waals surface area contributed by atoms with Crippen LogP contribution in [0.2, 0.25) is 0 Å². The van der Waals surface area contributed by atoms with Crippen molar-refractivity contribution in [2.24, 2.45) is 0 Å². The first kappa shape index (κ1) is 9.93. The van der Waals surface area contributed by atoms with Gasteiger partial charge in [0.15, 0.2) is 0 Å². The van der Waals surface area contributed by atoms with Crippen molar-refractivity contribution < 1.29 is 9.63 Å². The molecule has 0 aromatic heterocycles. The average Bonchev–Trinajstić information content (AvgIpc) is 2.43. The summed E-state index contributed by atoms with van der Waals surface area (Å²) in [6, 6.07) is 0. The van der Waals surface area contributed by atoms with Gasteiger partial charge in [-0.2, -0.15) is 0 Å². The highest BCUT2D eigenvalue weighted by Gasteiger charge is 2.47. The molecule has 0 spiro atoms. The minimum Gasteiger partial charge on any atom is -0.301 e. The Morgan fingerprint density at radius 3 is 2.86 bits per heavy atom. The van der Waals surface area contributed by atoms with Gasteiger partial charge in [-0.15, -0.1) is 0 Å². The average molecular weight is 198 g/mol. The Hall–Kier alpha value is -0.610. The third-order valence-electron chi connectivity index (χ3n) is 3.43. The van der Waals surface area contributed by atoms with E-state index in [1.807, 2.05) is 0 Å². The smallest absolute Gasteiger partial charge is 0.243 e. The summed E-state index contributed by atoms with van der Waals surface area (Å²) >= 11 is 0. The van der Waals surface area contributed by atoms with Crippen molar-refractivity contribution in [1.82, 2.24) is 9.96 Å². The van der Waals surface area contributed by atoms with Crippen molar-refractivity contribution in [2.75, 3.05) is 26.7 Å². The van der Waals surface area contributed by atoms with Crippen molar-refractivity contribution in [3.8, 4) is 0 Å². The largest absolute Gasteiger partial charge is 0.301 e. The molecule has 2 aliphatic heterocycles. The van der Waals surface area contributed by atoms with Crippen LogP contribution in [0.1, 0.15) is 26.2 Å². The molecule has 0 N–H and O–H groups in total. The third-order valence-corrected chi connectivity index (χ3v) is 3.43. The number of rotatable bonds is 2. The maximum atomic E-state index is 11.4. The molecule has 14 heavy (non-hydrogen) atoms. The molecule has 2 saturated heterocycles. The number of hydrogen-bond acceptors (Lipinski definition) is 3. The Morgan fingerprint density at radius 1 is 1.43 bits per heavy atom. The SMILES string of the molecule is CON(C(C)=O)C12CCCN(CC1)C2. The van der Waals surface area contributed by atoms with Crippen LogP contribution in [0.3, 0.4) is 0 Å². The van der Waals surface area contributed by atoms with Gasteiger partial charge in [0.05, 0.1) is 12.6 Å². The lowest BCUT2D eigenvalue weighted by atomic mass is 9.90. The van der Waals surface area contributed by atoms with Gasteiger partial charge in [-0.3, -0.25) is 9.63 Å². The molecule has 2 atom stereocenters. The Balaban J connectivity index is 2.17. The molecule has 0 aliphatic carbocycles. The van der Waals surface area contributed by atoms with Gasteiger partial charge < -0.3 is 4.90 Å². The Kier molecular flexibility index (Phi) is 2.49. The van der Waals surface area contributed by atoms with E-state index in [9.17, 15) is 4.79 Å². The van der Waals surface area contributed by atoms with Crippen LogP contribution in [0, 0.1) is 0 Å². The molecule has 0 aromatic rings. The molecule has 0 aromatic carbocycles. The van der Waals surface area contributed by atoms with Crippen molar-refractivity contribution in [3.05, 3.63) is 0 Å². The fraction of sp³-hybridized carbons (Fsp3) is 0.900. The van der Waals surface area contributed by atoms with E-state index in [0.717, 1.165) is 25.9 Å². The van der Waals surface area contributed by atoms with E-state index in [1.54, 1.807) is 19.1 Å². The molecule has 80 valence electrons. The normalized spacial score (nSPS) is 35.7. The Bertz CT molecular complexity index is 240. The standard InChI is InChI=1S/C10H18N2O2/c1-9(13)12(14-2)10-4-3-6-11(8-10)7-5-10/h3-8H2,1-2H3. The van der Waals surface area contributed by atoms with Crippen LogP contribution in [0.25, 0.3) is 0 Å². The van der Waals surface area contributed by atoms with Crippen molar-refractivity contribution in [2.45, 2.75) is 31.7 Å². The van der Waals surface area contributed by atoms with Crippen LogP contribution >= 0.6 is 0 Å². The van der Waals surface area contributed by atoms with Gasteiger partial charge in [0.1, 0.15) is 0 Å². The molecule has 2 aliphatic rings. The van der Waals surface area contributed by atoms with Crippen LogP contribution in [0.5, 0.6) is 0 Å². The number of carbonyl (C=O) groups is 1. The molecular formula is C10H18N2O2. The van der Waals surface area contributed by atoms with Gasteiger partial charge in [-0.25, -0.2) is 5.06 Å². The van der Waals surface area contributed by atoms with E-state index >= 15 is 0 Å². The summed E-state index contributed by atoms with van der Waals surface area (Å²) < 4.78 is 0. The van der Waals surface area contributed by atoms with Gasteiger partial charge >= 0.3 is 0 Å². The fourth-order valence-corrected chi connectivity index (χ4v) is 2.89. The zero-order chi connectivity index (χ0) is 10.2. The number of hydroxylamine groups is 2. The van der Waals surface area contributed by atoms with Crippen molar-refractivity contribution in [1.29, 1.82) is 0 Å². The molecule has 2 unspecified atom stereocenters. The quantitative estimate of drug-likeness (QED) is 0.610. The Morgan fingerprint density at radius 2 is 2.21 bits per heavy atom. The second-order valence-electron chi connectivity index (χ2n) is 4.35.